The summed E-state index contributed by atoms with van der Waals surface area (Å²) in [6, 6.07) is 11.8. The first-order valence-electron chi connectivity index (χ1n) is 10.5. The second-order valence-corrected chi connectivity index (χ2v) is 9.43. The molecule has 1 heterocycles. The summed E-state index contributed by atoms with van der Waals surface area (Å²) in [6.07, 6.45) is 1.68. The minimum Gasteiger partial charge on any atom is -0.492 e. The van der Waals surface area contributed by atoms with Crippen LogP contribution in [0.4, 0.5) is 9.39 Å². The van der Waals surface area contributed by atoms with Gasteiger partial charge in [0.15, 0.2) is 0 Å². The zero-order valence-corrected chi connectivity index (χ0v) is 21.1. The van der Waals surface area contributed by atoms with Crippen molar-refractivity contribution in [1.82, 2.24) is 0 Å². The molecule has 0 spiro atoms. The van der Waals surface area contributed by atoms with E-state index in [-0.39, 0.29) is 23.7 Å². The maximum Gasteiger partial charge on any atom is 0.341 e. The Balaban J connectivity index is 1.66. The van der Waals surface area contributed by atoms with Gasteiger partial charge in [-0.15, -0.1) is 11.3 Å². The lowest BCUT2D eigenvalue weighted by atomic mass is 10.0. The molecule has 0 unspecified atom stereocenters. The Morgan fingerprint density at radius 3 is 2.52 bits per heavy atom. The number of anilines is 1. The fourth-order valence-electron chi connectivity index (χ4n) is 3.38. The Hall–Kier alpha value is -2.71. The zero-order chi connectivity index (χ0) is 24.0. The van der Waals surface area contributed by atoms with Gasteiger partial charge in [0, 0.05) is 16.9 Å². The molecule has 0 atom stereocenters. The number of rotatable bonds is 9. The molecule has 2 aromatic carbocycles. The van der Waals surface area contributed by atoms with Crippen LogP contribution in [0.15, 0.2) is 46.9 Å². The summed E-state index contributed by atoms with van der Waals surface area (Å²) >= 11 is 4.80. The number of hydrogen-bond acceptors (Lipinski definition) is 5. The van der Waals surface area contributed by atoms with Gasteiger partial charge in [-0.1, -0.05) is 25.1 Å². The van der Waals surface area contributed by atoms with Crippen LogP contribution in [0.5, 0.6) is 5.75 Å². The number of aryl methyl sites for hydroxylation is 2. The van der Waals surface area contributed by atoms with Crippen LogP contribution in [0.25, 0.3) is 11.1 Å². The van der Waals surface area contributed by atoms with Crippen molar-refractivity contribution < 1.29 is 23.5 Å². The number of esters is 1. The number of hydrogen-bond donors (Lipinski definition) is 1. The molecule has 33 heavy (non-hydrogen) atoms. The van der Waals surface area contributed by atoms with E-state index in [4.69, 9.17) is 9.47 Å². The number of amides is 1. The van der Waals surface area contributed by atoms with Gasteiger partial charge in [0.05, 0.1) is 18.2 Å². The molecule has 174 valence electrons. The maximum atomic E-state index is 13.4. The van der Waals surface area contributed by atoms with Crippen molar-refractivity contribution in [3.05, 3.63) is 68.8 Å². The largest absolute Gasteiger partial charge is 0.492 e. The van der Waals surface area contributed by atoms with E-state index in [0.717, 1.165) is 21.5 Å². The predicted octanol–water partition coefficient (Wildman–Crippen LogP) is 6.77. The van der Waals surface area contributed by atoms with E-state index >= 15 is 0 Å². The zero-order valence-electron chi connectivity index (χ0n) is 18.7. The fraction of sp³-hybridized carbons (Fsp3) is 0.280. The Kier molecular flexibility index (Phi) is 8.63. The van der Waals surface area contributed by atoms with Gasteiger partial charge < -0.3 is 14.8 Å². The first-order valence-corrected chi connectivity index (χ1v) is 12.1. The molecule has 5 nitrogen and oxygen atoms in total. The summed E-state index contributed by atoms with van der Waals surface area (Å²) < 4.78 is 25.0. The molecule has 0 fully saturated rings. The van der Waals surface area contributed by atoms with E-state index in [1.54, 1.807) is 12.1 Å². The van der Waals surface area contributed by atoms with E-state index in [1.807, 2.05) is 25.1 Å². The number of halogens is 2. The summed E-state index contributed by atoms with van der Waals surface area (Å²) in [6.45, 7) is 4.32. The number of nitrogens with one attached hydrogen (secondary N) is 1. The van der Waals surface area contributed by atoms with Crippen molar-refractivity contribution in [2.75, 3.05) is 19.0 Å². The summed E-state index contributed by atoms with van der Waals surface area (Å²) in [7, 11) is 1.29. The van der Waals surface area contributed by atoms with Gasteiger partial charge in [0.25, 0.3) is 0 Å². The van der Waals surface area contributed by atoms with Crippen molar-refractivity contribution in [3.63, 3.8) is 0 Å². The van der Waals surface area contributed by atoms with Gasteiger partial charge in [0.1, 0.15) is 22.1 Å². The predicted molar refractivity (Wildman–Crippen MR) is 133 cm³/mol. The monoisotopic (exact) mass is 533 g/mol. The van der Waals surface area contributed by atoms with Gasteiger partial charge in [0.2, 0.25) is 5.91 Å². The summed E-state index contributed by atoms with van der Waals surface area (Å²) in [5, 5.41) is 3.25. The van der Waals surface area contributed by atoms with Crippen LogP contribution in [0.2, 0.25) is 0 Å². The third-order valence-corrected chi connectivity index (χ3v) is 6.71. The number of carbonyl (C=O) groups excluding carboxylic acids is 2. The van der Waals surface area contributed by atoms with Crippen molar-refractivity contribution >= 4 is 44.1 Å². The molecule has 0 aliphatic heterocycles. The van der Waals surface area contributed by atoms with Gasteiger partial charge in [-0.25, -0.2) is 9.18 Å². The molecule has 3 rings (SSSR count). The summed E-state index contributed by atoms with van der Waals surface area (Å²) in [4.78, 5) is 25.9. The molecule has 0 bridgehead atoms. The molecular weight excluding hydrogens is 509 g/mol. The molecule has 8 heteroatoms. The van der Waals surface area contributed by atoms with Gasteiger partial charge in [-0.05, 0) is 71.1 Å². The lowest BCUT2D eigenvalue weighted by Gasteiger charge is -2.10. The molecule has 3 aromatic rings. The molecule has 0 aliphatic carbocycles. The molecule has 1 aromatic heterocycles. The molecule has 0 saturated carbocycles. The van der Waals surface area contributed by atoms with Crippen LogP contribution in [0.3, 0.4) is 0 Å². The number of benzene rings is 2. The number of methoxy groups -OCH3 is 1. The second-order valence-electron chi connectivity index (χ2n) is 7.35. The van der Waals surface area contributed by atoms with E-state index in [0.29, 0.717) is 29.2 Å². The quantitative estimate of drug-likeness (QED) is 0.243. The Morgan fingerprint density at radius 2 is 1.88 bits per heavy atom. The fourth-order valence-corrected chi connectivity index (χ4v) is 5.00. The van der Waals surface area contributed by atoms with E-state index in [9.17, 15) is 14.0 Å². The van der Waals surface area contributed by atoms with Crippen molar-refractivity contribution in [3.8, 4) is 16.9 Å². The highest BCUT2D eigenvalue weighted by Crippen LogP contribution is 2.40. The first-order chi connectivity index (χ1) is 15.8. The third kappa shape index (κ3) is 6.21. The van der Waals surface area contributed by atoms with Gasteiger partial charge in [-0.2, -0.15) is 0 Å². The van der Waals surface area contributed by atoms with E-state index in [1.165, 1.54) is 36.1 Å². The van der Waals surface area contributed by atoms with Crippen molar-refractivity contribution in [2.45, 2.75) is 33.1 Å². The Bertz CT molecular complexity index is 1140. The highest BCUT2D eigenvalue weighted by atomic mass is 79.9. The molecule has 0 radical (unpaired) electrons. The molecule has 0 aliphatic rings. The van der Waals surface area contributed by atoms with Crippen molar-refractivity contribution in [1.29, 1.82) is 0 Å². The van der Waals surface area contributed by atoms with E-state index < -0.39 is 5.97 Å². The standard InChI is InChI=1S/C25H25BrFNO4S/c1-4-16-7-12-20(19(26)14-16)32-13-5-6-21(29)28-24-23(25(30)31-3)22(15(2)33-24)17-8-10-18(27)11-9-17/h7-12,14H,4-6,13H2,1-3H3,(H,28,29). The van der Waals surface area contributed by atoms with Crippen LogP contribution >= 0.6 is 27.3 Å². The SMILES string of the molecule is CCc1ccc(OCCCC(=O)Nc2sc(C)c(-c3ccc(F)cc3)c2C(=O)OC)c(Br)c1. The minimum atomic E-state index is -0.558. The molecule has 1 N–H and O–H groups in total. The molecule has 1 amide bonds. The smallest absolute Gasteiger partial charge is 0.341 e. The third-order valence-electron chi connectivity index (χ3n) is 5.07. The minimum absolute atomic E-state index is 0.226. The number of thiophene rings is 1. The number of ether oxygens (including phenoxy) is 2. The normalized spacial score (nSPS) is 10.7. The van der Waals surface area contributed by atoms with Crippen LogP contribution in [0, 0.1) is 12.7 Å². The molecule has 0 saturated heterocycles. The number of carbonyl (C=O) groups is 2. The maximum absolute atomic E-state index is 13.4. The first kappa shape index (κ1) is 24.9. The average molecular weight is 534 g/mol. The molecular formula is C25H25BrFNO4S. The summed E-state index contributed by atoms with van der Waals surface area (Å²) in [5.74, 6) is -0.414. The van der Waals surface area contributed by atoms with Gasteiger partial charge in [-0.3, -0.25) is 4.79 Å². The van der Waals surface area contributed by atoms with Crippen LogP contribution < -0.4 is 10.1 Å². The lowest BCUT2D eigenvalue weighted by molar-refractivity contribution is -0.116. The van der Waals surface area contributed by atoms with Crippen LogP contribution in [-0.4, -0.2) is 25.6 Å². The second kappa shape index (κ2) is 11.4. The summed E-state index contributed by atoms with van der Waals surface area (Å²) in [5.41, 5.74) is 2.79. The topological polar surface area (TPSA) is 64.6 Å². The van der Waals surface area contributed by atoms with E-state index in [2.05, 4.69) is 28.2 Å². The van der Waals surface area contributed by atoms with Crippen LogP contribution in [0.1, 0.15) is 40.6 Å². The van der Waals surface area contributed by atoms with Crippen molar-refractivity contribution in [2.24, 2.45) is 0 Å². The average Bonchev–Trinajstić information content (AvgIpc) is 3.12. The highest BCUT2D eigenvalue weighted by Gasteiger charge is 2.25. The lowest BCUT2D eigenvalue weighted by Crippen LogP contribution is -2.15. The Morgan fingerprint density at radius 1 is 1.15 bits per heavy atom. The van der Waals surface area contributed by atoms with Crippen LogP contribution in [-0.2, 0) is 16.0 Å². The highest BCUT2D eigenvalue weighted by molar-refractivity contribution is 9.10. The Labute approximate surface area is 205 Å². The van der Waals surface area contributed by atoms with Gasteiger partial charge >= 0.3 is 5.97 Å².